The van der Waals surface area contributed by atoms with Gasteiger partial charge in [0.15, 0.2) is 0 Å². The highest BCUT2D eigenvalue weighted by Crippen LogP contribution is 2.20. The summed E-state index contributed by atoms with van der Waals surface area (Å²) in [6.45, 7) is 0.465. The van der Waals surface area contributed by atoms with E-state index in [4.69, 9.17) is 8.92 Å². The van der Waals surface area contributed by atoms with Gasteiger partial charge in [0.2, 0.25) is 0 Å². The van der Waals surface area contributed by atoms with Crippen LogP contribution >= 0.6 is 0 Å². The third kappa shape index (κ3) is 5.79. The number of non-ortho nitro benzene ring substituents is 1. The van der Waals surface area contributed by atoms with Crippen LogP contribution in [0.1, 0.15) is 5.56 Å². The summed E-state index contributed by atoms with van der Waals surface area (Å²) < 4.78 is 22.7. The van der Waals surface area contributed by atoms with E-state index < -0.39 is 16.2 Å². The highest BCUT2D eigenvalue weighted by molar-refractivity contribution is 7.78. The zero-order chi connectivity index (χ0) is 19.8. The van der Waals surface area contributed by atoms with E-state index in [1.165, 1.54) is 24.3 Å². The lowest BCUT2D eigenvalue weighted by Crippen LogP contribution is -2.27. The molecule has 0 amide bonds. The van der Waals surface area contributed by atoms with Crippen LogP contribution in [0.4, 0.5) is 11.4 Å². The molecule has 0 aliphatic heterocycles. The number of hydrazine groups is 1. The fourth-order valence-electron chi connectivity index (χ4n) is 2.23. The molecule has 1 unspecified atom stereocenters. The lowest BCUT2D eigenvalue weighted by Gasteiger charge is -2.10. The number of ether oxygens (including phenoxy) is 1. The van der Waals surface area contributed by atoms with Crippen molar-refractivity contribution in [3.05, 3.63) is 94.5 Å². The molecule has 144 valence electrons. The predicted molar refractivity (Wildman–Crippen MR) is 106 cm³/mol. The van der Waals surface area contributed by atoms with Crippen molar-refractivity contribution < 1.29 is 18.1 Å². The molecule has 0 aliphatic carbocycles. The van der Waals surface area contributed by atoms with E-state index in [9.17, 15) is 14.3 Å². The summed E-state index contributed by atoms with van der Waals surface area (Å²) in [7, 11) is 0. The largest absolute Gasteiger partial charge is 0.489 e. The van der Waals surface area contributed by atoms with Gasteiger partial charge >= 0.3 is 11.3 Å². The number of anilines is 1. The Hall–Kier alpha value is -3.43. The number of nitrogens with zero attached hydrogens (tertiary/aromatic N) is 1. The molecule has 0 saturated carbocycles. The van der Waals surface area contributed by atoms with Gasteiger partial charge in [-0.05, 0) is 35.9 Å². The Morgan fingerprint density at radius 1 is 0.929 bits per heavy atom. The molecule has 0 bridgehead atoms. The van der Waals surface area contributed by atoms with Crippen molar-refractivity contribution in [2.75, 3.05) is 5.43 Å². The van der Waals surface area contributed by atoms with Crippen LogP contribution < -0.4 is 19.2 Å². The minimum atomic E-state index is -1.94. The topological polar surface area (TPSA) is 103 Å². The van der Waals surface area contributed by atoms with E-state index in [1.54, 1.807) is 24.3 Å². The van der Waals surface area contributed by atoms with Gasteiger partial charge in [-0.3, -0.25) is 10.1 Å². The molecule has 3 aromatic rings. The number of rotatable bonds is 9. The molecule has 8 nitrogen and oxygen atoms in total. The molecule has 0 aliphatic rings. The Balaban J connectivity index is 1.47. The summed E-state index contributed by atoms with van der Waals surface area (Å²) >= 11 is -1.94. The summed E-state index contributed by atoms with van der Waals surface area (Å²) in [5.41, 5.74) is 4.30. The number of hydrogen-bond acceptors (Lipinski definition) is 6. The lowest BCUT2D eigenvalue weighted by molar-refractivity contribution is -0.384. The molecule has 0 heterocycles. The highest BCUT2D eigenvalue weighted by Gasteiger charge is 2.09. The molecule has 28 heavy (non-hydrogen) atoms. The van der Waals surface area contributed by atoms with Gasteiger partial charge < -0.3 is 14.3 Å². The molecule has 2 N–H and O–H groups in total. The van der Waals surface area contributed by atoms with Crippen LogP contribution in [0.3, 0.4) is 0 Å². The Labute approximate surface area is 164 Å². The van der Waals surface area contributed by atoms with Crippen LogP contribution in [-0.4, -0.2) is 9.13 Å². The molecular formula is C19H17N3O5S. The van der Waals surface area contributed by atoms with Gasteiger partial charge in [0, 0.05) is 6.07 Å². The molecule has 1 atom stereocenters. The Kier molecular flexibility index (Phi) is 6.55. The third-order valence-electron chi connectivity index (χ3n) is 3.58. The summed E-state index contributed by atoms with van der Waals surface area (Å²) in [5.74, 6) is 0.815. The molecule has 0 radical (unpaired) electrons. The predicted octanol–water partition coefficient (Wildman–Crippen LogP) is 3.75. The van der Waals surface area contributed by atoms with Gasteiger partial charge in [0.25, 0.3) is 5.69 Å². The zero-order valence-electron chi connectivity index (χ0n) is 14.6. The fourth-order valence-corrected chi connectivity index (χ4v) is 2.75. The van der Waals surface area contributed by atoms with Crippen LogP contribution in [0.2, 0.25) is 0 Å². The molecule has 3 rings (SSSR count). The van der Waals surface area contributed by atoms with Crippen molar-refractivity contribution in [1.82, 2.24) is 4.83 Å². The van der Waals surface area contributed by atoms with Gasteiger partial charge in [-0.1, -0.05) is 36.4 Å². The summed E-state index contributed by atoms with van der Waals surface area (Å²) in [5, 5.41) is 10.7. The highest BCUT2D eigenvalue weighted by atomic mass is 32.2. The lowest BCUT2D eigenvalue weighted by atomic mass is 10.2. The minimum absolute atomic E-state index is 0.117. The number of nitrogens with one attached hydrogen (secondary N) is 2. The van der Waals surface area contributed by atoms with Crippen LogP contribution in [0.5, 0.6) is 11.5 Å². The number of nitro benzene ring substituents is 1. The quantitative estimate of drug-likeness (QED) is 0.420. The summed E-state index contributed by atoms with van der Waals surface area (Å²) in [6.07, 6.45) is 0. The van der Waals surface area contributed by atoms with E-state index in [2.05, 4.69) is 10.3 Å². The molecule has 0 saturated heterocycles. The molecule has 9 heteroatoms. The van der Waals surface area contributed by atoms with Crippen molar-refractivity contribution >= 4 is 22.6 Å². The fraction of sp³-hybridized carbons (Fsp3) is 0.0526. The Bertz CT molecular complexity index is 951. The van der Waals surface area contributed by atoms with Gasteiger partial charge in [-0.25, -0.2) is 0 Å². The minimum Gasteiger partial charge on any atom is -0.489 e. The first-order chi connectivity index (χ1) is 13.6. The van der Waals surface area contributed by atoms with Gasteiger partial charge in [-0.15, -0.1) is 4.83 Å². The number of benzene rings is 3. The first kappa shape index (κ1) is 19.3. The zero-order valence-corrected chi connectivity index (χ0v) is 15.4. The van der Waals surface area contributed by atoms with E-state index >= 15 is 0 Å². The number of nitro groups is 1. The van der Waals surface area contributed by atoms with E-state index in [-0.39, 0.29) is 11.4 Å². The van der Waals surface area contributed by atoms with Crippen molar-refractivity contribution in [3.8, 4) is 11.5 Å². The Morgan fingerprint density at radius 3 is 2.39 bits per heavy atom. The maximum absolute atomic E-state index is 11.9. The maximum atomic E-state index is 11.9. The third-order valence-corrected chi connectivity index (χ3v) is 4.19. The van der Waals surface area contributed by atoms with Gasteiger partial charge in [0.1, 0.15) is 18.1 Å². The molecule has 0 spiro atoms. The van der Waals surface area contributed by atoms with E-state index in [0.29, 0.717) is 18.0 Å². The maximum Gasteiger partial charge on any atom is 0.306 e. The van der Waals surface area contributed by atoms with Crippen LogP contribution in [0, 0.1) is 10.1 Å². The van der Waals surface area contributed by atoms with Crippen molar-refractivity contribution in [2.24, 2.45) is 0 Å². The average Bonchev–Trinajstić information content (AvgIpc) is 2.72. The smallest absolute Gasteiger partial charge is 0.306 e. The summed E-state index contributed by atoms with van der Waals surface area (Å²) in [6, 6.07) is 22.3. The summed E-state index contributed by atoms with van der Waals surface area (Å²) in [4.78, 5) is 12.7. The van der Waals surface area contributed by atoms with E-state index in [0.717, 1.165) is 5.56 Å². The average molecular weight is 399 g/mol. The Morgan fingerprint density at radius 2 is 1.68 bits per heavy atom. The SMILES string of the molecule is O=[N+]([O-])c1cccc(OS(=O)NNc2ccc(OCc3ccccc3)cc2)c1. The van der Waals surface area contributed by atoms with Crippen molar-refractivity contribution in [1.29, 1.82) is 0 Å². The van der Waals surface area contributed by atoms with Gasteiger partial charge in [0.05, 0.1) is 16.7 Å². The second kappa shape index (κ2) is 9.49. The standard InChI is InChI=1S/C19H17N3O5S/c23-22(24)17-7-4-8-19(13-17)27-28(25)21-20-16-9-11-18(12-10-16)26-14-15-5-2-1-3-6-15/h1-13,20-21H,14H2. The van der Waals surface area contributed by atoms with Crippen LogP contribution in [0.25, 0.3) is 0 Å². The molecule has 3 aromatic carbocycles. The van der Waals surface area contributed by atoms with E-state index in [1.807, 2.05) is 30.3 Å². The van der Waals surface area contributed by atoms with Crippen molar-refractivity contribution in [2.45, 2.75) is 6.61 Å². The first-order valence-electron chi connectivity index (χ1n) is 8.23. The molecule has 0 fully saturated rings. The molecule has 0 aromatic heterocycles. The second-order valence-corrected chi connectivity index (χ2v) is 6.44. The first-order valence-corrected chi connectivity index (χ1v) is 9.31. The number of hydrogen-bond donors (Lipinski definition) is 2. The van der Waals surface area contributed by atoms with Crippen molar-refractivity contribution in [3.63, 3.8) is 0 Å². The monoisotopic (exact) mass is 399 g/mol. The normalized spacial score (nSPS) is 11.4. The van der Waals surface area contributed by atoms with Crippen LogP contribution in [-0.2, 0) is 17.9 Å². The van der Waals surface area contributed by atoms with Gasteiger partial charge in [-0.2, -0.15) is 4.21 Å². The second-order valence-electron chi connectivity index (χ2n) is 5.60. The molecular weight excluding hydrogens is 382 g/mol. The van der Waals surface area contributed by atoms with Crippen LogP contribution in [0.15, 0.2) is 78.9 Å².